The van der Waals surface area contributed by atoms with Crippen LogP contribution < -0.4 is 10.1 Å². The van der Waals surface area contributed by atoms with Crippen LogP contribution >= 0.6 is 0 Å². The molecule has 1 aromatic heterocycles. The van der Waals surface area contributed by atoms with E-state index in [1.54, 1.807) is 24.5 Å². The van der Waals surface area contributed by atoms with Crippen molar-refractivity contribution in [3.63, 3.8) is 0 Å². The first-order valence-corrected chi connectivity index (χ1v) is 17.6. The quantitative estimate of drug-likeness (QED) is 0.125. The van der Waals surface area contributed by atoms with Crippen molar-refractivity contribution in [2.75, 3.05) is 13.2 Å². The first kappa shape index (κ1) is 36.2. The second kappa shape index (κ2) is 16.6. The smallest absolute Gasteiger partial charge is 0.326 e. The standard InChI is InChI=1S/C41H48N4O5/c1-5-6-7-8-9-24-50-34-20-16-29(17-21-34)32-26-42-37(43-27-32)30-12-10-28(11-13-30)25-35(39(47)45-23-22-36(45)40(48)49)44-38(46)31-14-18-33(19-15-31)41(2,3)4/h10-21,26-27,35-36H,5-9,22-25H2,1-4H3,(H,44,46)(H,48,49)/t35-,36?/m0/s1. The average Bonchev–Trinajstić information content (AvgIpc) is 3.09. The zero-order chi connectivity index (χ0) is 35.7. The van der Waals surface area contributed by atoms with Gasteiger partial charge in [0.15, 0.2) is 5.82 Å². The van der Waals surface area contributed by atoms with Crippen LogP contribution in [0.4, 0.5) is 0 Å². The molecule has 1 aliphatic heterocycles. The molecular formula is C41H48N4O5. The molecular weight excluding hydrogens is 628 g/mol. The molecule has 3 aromatic carbocycles. The summed E-state index contributed by atoms with van der Waals surface area (Å²) in [6.07, 6.45) is 10.2. The number of aromatic nitrogens is 2. The van der Waals surface area contributed by atoms with E-state index < -0.39 is 24.0 Å². The number of hydrogen-bond donors (Lipinski definition) is 2. The number of nitrogens with zero attached hydrogens (tertiary/aromatic N) is 3. The third-order valence-electron chi connectivity index (χ3n) is 9.21. The van der Waals surface area contributed by atoms with E-state index in [0.29, 0.717) is 24.4 Å². The number of aliphatic carboxylic acids is 1. The Labute approximate surface area is 295 Å². The van der Waals surface area contributed by atoms with Crippen LogP contribution in [0.15, 0.2) is 85.2 Å². The van der Waals surface area contributed by atoms with Crippen LogP contribution in [-0.2, 0) is 21.4 Å². The topological polar surface area (TPSA) is 122 Å². The molecule has 0 aliphatic carbocycles. The number of carbonyl (C=O) groups is 3. The van der Waals surface area contributed by atoms with Crippen molar-refractivity contribution in [2.45, 2.75) is 90.1 Å². The summed E-state index contributed by atoms with van der Waals surface area (Å²) in [5, 5.41) is 12.4. The fourth-order valence-corrected chi connectivity index (χ4v) is 5.96. The third kappa shape index (κ3) is 9.34. The molecule has 2 amide bonds. The van der Waals surface area contributed by atoms with Gasteiger partial charge in [-0.25, -0.2) is 14.8 Å². The summed E-state index contributed by atoms with van der Waals surface area (Å²) in [6, 6.07) is 21.0. The number of nitrogens with one attached hydrogen (secondary N) is 1. The van der Waals surface area contributed by atoms with E-state index >= 15 is 0 Å². The minimum absolute atomic E-state index is 0.0647. The molecule has 50 heavy (non-hydrogen) atoms. The Hall–Kier alpha value is -5.05. The van der Waals surface area contributed by atoms with E-state index in [0.717, 1.165) is 46.6 Å². The Balaban J connectivity index is 1.23. The fourth-order valence-electron chi connectivity index (χ4n) is 5.96. The first-order valence-electron chi connectivity index (χ1n) is 17.6. The second-order valence-corrected chi connectivity index (χ2v) is 14.0. The van der Waals surface area contributed by atoms with Crippen LogP contribution in [0.5, 0.6) is 5.75 Å². The van der Waals surface area contributed by atoms with Gasteiger partial charge in [-0.2, -0.15) is 0 Å². The normalized spacial score (nSPS) is 14.8. The van der Waals surface area contributed by atoms with Crippen LogP contribution in [0.1, 0.15) is 87.7 Å². The molecule has 1 aliphatic rings. The predicted molar refractivity (Wildman–Crippen MR) is 195 cm³/mol. The summed E-state index contributed by atoms with van der Waals surface area (Å²) in [5.74, 6) is -0.425. The van der Waals surface area contributed by atoms with Crippen LogP contribution in [0, 0.1) is 0 Å². The van der Waals surface area contributed by atoms with Crippen LogP contribution in [0.2, 0.25) is 0 Å². The molecule has 0 bridgehead atoms. The van der Waals surface area contributed by atoms with Gasteiger partial charge >= 0.3 is 5.97 Å². The minimum Gasteiger partial charge on any atom is -0.494 e. The number of benzene rings is 3. The zero-order valence-corrected chi connectivity index (χ0v) is 29.5. The van der Waals surface area contributed by atoms with Gasteiger partial charge in [-0.1, -0.05) is 102 Å². The van der Waals surface area contributed by atoms with E-state index in [2.05, 4.69) is 43.0 Å². The maximum atomic E-state index is 13.6. The predicted octanol–water partition coefficient (Wildman–Crippen LogP) is 7.48. The number of ether oxygens (including phenoxy) is 1. The highest BCUT2D eigenvalue weighted by atomic mass is 16.5. The lowest BCUT2D eigenvalue weighted by atomic mass is 9.86. The minimum atomic E-state index is -1.04. The van der Waals surface area contributed by atoms with Gasteiger partial charge in [0.05, 0.1) is 6.61 Å². The highest BCUT2D eigenvalue weighted by Gasteiger charge is 2.40. The van der Waals surface area contributed by atoms with E-state index in [1.807, 2.05) is 60.7 Å². The number of hydrogen-bond acceptors (Lipinski definition) is 6. The maximum absolute atomic E-state index is 13.6. The summed E-state index contributed by atoms with van der Waals surface area (Å²) in [6.45, 7) is 9.57. The first-order chi connectivity index (χ1) is 24.0. The number of rotatable bonds is 15. The monoisotopic (exact) mass is 676 g/mol. The van der Waals surface area contributed by atoms with Crippen LogP contribution in [-0.4, -0.2) is 63.0 Å². The third-order valence-corrected chi connectivity index (χ3v) is 9.21. The molecule has 2 heterocycles. The van der Waals surface area contributed by atoms with Crippen molar-refractivity contribution in [3.05, 3.63) is 102 Å². The Bertz CT molecular complexity index is 1730. The summed E-state index contributed by atoms with van der Waals surface area (Å²) >= 11 is 0. The lowest BCUT2D eigenvalue weighted by molar-refractivity contribution is -0.158. The van der Waals surface area contributed by atoms with E-state index in [4.69, 9.17) is 4.74 Å². The Morgan fingerprint density at radius 1 is 0.860 bits per heavy atom. The summed E-state index contributed by atoms with van der Waals surface area (Å²) < 4.78 is 5.89. The van der Waals surface area contributed by atoms with Gasteiger partial charge in [0, 0.05) is 42.0 Å². The molecule has 1 saturated heterocycles. The second-order valence-electron chi connectivity index (χ2n) is 14.0. The number of unbranched alkanes of at least 4 members (excludes halogenated alkanes) is 4. The molecule has 262 valence electrons. The Kier molecular flexibility index (Phi) is 12.0. The van der Waals surface area contributed by atoms with Gasteiger partial charge in [-0.3, -0.25) is 9.59 Å². The van der Waals surface area contributed by atoms with Crippen molar-refractivity contribution in [2.24, 2.45) is 0 Å². The largest absolute Gasteiger partial charge is 0.494 e. The van der Waals surface area contributed by atoms with E-state index in [1.165, 1.54) is 30.6 Å². The molecule has 2 atom stereocenters. The van der Waals surface area contributed by atoms with Gasteiger partial charge in [0.2, 0.25) is 5.91 Å². The highest BCUT2D eigenvalue weighted by Crippen LogP contribution is 2.26. The van der Waals surface area contributed by atoms with Gasteiger partial charge in [-0.05, 0) is 59.2 Å². The van der Waals surface area contributed by atoms with Crippen LogP contribution in [0.25, 0.3) is 22.5 Å². The van der Waals surface area contributed by atoms with Crippen molar-refractivity contribution in [1.29, 1.82) is 0 Å². The Morgan fingerprint density at radius 3 is 2.08 bits per heavy atom. The molecule has 9 nitrogen and oxygen atoms in total. The van der Waals surface area contributed by atoms with E-state index in [9.17, 15) is 19.5 Å². The maximum Gasteiger partial charge on any atom is 0.326 e. The lowest BCUT2D eigenvalue weighted by Crippen LogP contribution is -2.60. The number of carbonyl (C=O) groups excluding carboxylic acids is 2. The van der Waals surface area contributed by atoms with Gasteiger partial charge in [-0.15, -0.1) is 0 Å². The van der Waals surface area contributed by atoms with Gasteiger partial charge in [0.25, 0.3) is 5.91 Å². The molecule has 1 unspecified atom stereocenters. The molecule has 2 N–H and O–H groups in total. The Morgan fingerprint density at radius 2 is 1.50 bits per heavy atom. The number of amides is 2. The number of likely N-dealkylation sites (tertiary alicyclic amines) is 1. The van der Waals surface area contributed by atoms with E-state index in [-0.39, 0.29) is 17.7 Å². The van der Waals surface area contributed by atoms with Crippen molar-refractivity contribution >= 4 is 17.8 Å². The highest BCUT2D eigenvalue weighted by molar-refractivity contribution is 5.98. The lowest BCUT2D eigenvalue weighted by Gasteiger charge is -2.40. The van der Waals surface area contributed by atoms with Crippen molar-refractivity contribution < 1.29 is 24.2 Å². The van der Waals surface area contributed by atoms with Crippen molar-refractivity contribution in [3.8, 4) is 28.3 Å². The van der Waals surface area contributed by atoms with Crippen molar-refractivity contribution in [1.82, 2.24) is 20.2 Å². The fraction of sp³-hybridized carbons (Fsp3) is 0.390. The summed E-state index contributed by atoms with van der Waals surface area (Å²) in [4.78, 5) is 49.1. The van der Waals surface area contributed by atoms with Gasteiger partial charge < -0.3 is 20.1 Å². The van der Waals surface area contributed by atoms with Gasteiger partial charge in [0.1, 0.15) is 17.8 Å². The molecule has 0 saturated carbocycles. The summed E-state index contributed by atoms with van der Waals surface area (Å²) in [7, 11) is 0. The molecule has 5 rings (SSSR count). The van der Waals surface area contributed by atoms with Crippen LogP contribution in [0.3, 0.4) is 0 Å². The molecule has 1 fully saturated rings. The molecule has 0 radical (unpaired) electrons. The molecule has 9 heteroatoms. The SMILES string of the molecule is CCCCCCCOc1ccc(-c2cnc(-c3ccc(C[C@H](NC(=O)c4ccc(C(C)(C)C)cc4)C(=O)N4CCC4C(=O)O)cc3)nc2)cc1. The molecule has 0 spiro atoms. The average molecular weight is 677 g/mol. The summed E-state index contributed by atoms with van der Waals surface area (Å²) in [5.41, 5.74) is 4.97. The zero-order valence-electron chi connectivity index (χ0n) is 29.5. The number of carboxylic acid groups (broad SMARTS) is 1. The number of carboxylic acids is 1. The molecule has 4 aromatic rings.